The fourth-order valence-electron chi connectivity index (χ4n) is 5.86. The summed E-state index contributed by atoms with van der Waals surface area (Å²) in [5, 5.41) is 11.6. The zero-order chi connectivity index (χ0) is 23.8. The molecule has 5 nitrogen and oxygen atoms in total. The first-order valence-corrected chi connectivity index (χ1v) is 14.1. The number of benzene rings is 1. The summed E-state index contributed by atoms with van der Waals surface area (Å²) in [7, 11) is 1.70. The molecule has 36 heavy (non-hydrogen) atoms. The lowest BCUT2D eigenvalue weighted by Crippen LogP contribution is -2.42. The number of aliphatic carboxylic acids is 1. The predicted molar refractivity (Wildman–Crippen MR) is 155 cm³/mol. The van der Waals surface area contributed by atoms with Crippen molar-refractivity contribution in [3.05, 3.63) is 36.0 Å². The van der Waals surface area contributed by atoms with Gasteiger partial charge in [0.2, 0.25) is 0 Å². The standard InChI is InChI=1S/C28H40N2O3S.2ClH/c1-33-24-10-11-27-26(19-24)22(12-14-29-27)7-5-6-21-13-15-30(20-23(21)18-28(31)32)16-17-34-25-8-3-2-4-9-25;;/h10-12,14,19,21,23,25H,2-9,13,15-18,20H2,1H3,(H,31,32);2*1H/t21-,23+;;/m1../s1. The third kappa shape index (κ3) is 8.97. The Balaban J connectivity index is 0.00000228. The van der Waals surface area contributed by atoms with Crippen molar-refractivity contribution in [1.82, 2.24) is 9.88 Å². The lowest BCUT2D eigenvalue weighted by Gasteiger charge is -2.38. The van der Waals surface area contributed by atoms with Crippen molar-refractivity contribution in [3.8, 4) is 5.75 Å². The molecule has 0 unspecified atom stereocenters. The summed E-state index contributed by atoms with van der Waals surface area (Å²) in [4.78, 5) is 18.6. The Morgan fingerprint density at radius 3 is 2.69 bits per heavy atom. The lowest BCUT2D eigenvalue weighted by atomic mass is 9.80. The average Bonchev–Trinajstić information content (AvgIpc) is 2.85. The van der Waals surface area contributed by atoms with Gasteiger partial charge in [-0.15, -0.1) is 24.8 Å². The first-order valence-electron chi connectivity index (χ1n) is 13.1. The Morgan fingerprint density at radius 2 is 1.94 bits per heavy atom. The summed E-state index contributed by atoms with van der Waals surface area (Å²) in [6.07, 6.45) is 13.4. The van der Waals surface area contributed by atoms with Gasteiger partial charge in [0.05, 0.1) is 12.6 Å². The van der Waals surface area contributed by atoms with Crippen LogP contribution in [0.4, 0.5) is 0 Å². The van der Waals surface area contributed by atoms with E-state index in [0.29, 0.717) is 12.3 Å². The summed E-state index contributed by atoms with van der Waals surface area (Å²) < 4.78 is 5.41. The van der Waals surface area contributed by atoms with Crippen molar-refractivity contribution in [2.24, 2.45) is 11.8 Å². The number of thioether (sulfide) groups is 1. The molecule has 2 atom stereocenters. The maximum Gasteiger partial charge on any atom is 0.303 e. The van der Waals surface area contributed by atoms with Gasteiger partial charge in [-0.2, -0.15) is 11.8 Å². The molecule has 1 N–H and O–H groups in total. The molecule has 0 bridgehead atoms. The van der Waals surface area contributed by atoms with Gasteiger partial charge < -0.3 is 14.7 Å². The van der Waals surface area contributed by atoms with Crippen molar-refractivity contribution in [2.45, 2.75) is 69.5 Å². The molecule has 2 aromatic rings. The normalized spacial score (nSPS) is 20.9. The van der Waals surface area contributed by atoms with Crippen LogP contribution in [0.15, 0.2) is 30.5 Å². The number of aryl methyl sites for hydroxylation is 1. The second-order valence-corrected chi connectivity index (χ2v) is 11.5. The molecule has 2 fully saturated rings. The van der Waals surface area contributed by atoms with Gasteiger partial charge in [0.15, 0.2) is 0 Å². The number of rotatable bonds is 11. The molecule has 2 aliphatic rings. The zero-order valence-corrected chi connectivity index (χ0v) is 23.9. The predicted octanol–water partition coefficient (Wildman–Crippen LogP) is 6.89. The molecule has 8 heteroatoms. The number of piperidine rings is 1. The van der Waals surface area contributed by atoms with E-state index in [0.717, 1.165) is 67.2 Å². The van der Waals surface area contributed by atoms with E-state index in [1.165, 1.54) is 43.4 Å². The van der Waals surface area contributed by atoms with Crippen LogP contribution < -0.4 is 4.74 Å². The van der Waals surface area contributed by atoms with Crippen LogP contribution in [-0.2, 0) is 11.2 Å². The number of carbonyl (C=O) groups is 1. The molecule has 0 spiro atoms. The molecule has 4 rings (SSSR count). The summed E-state index contributed by atoms with van der Waals surface area (Å²) in [5.41, 5.74) is 2.30. The molecular formula is C28H42Cl2N2O3S. The van der Waals surface area contributed by atoms with E-state index in [2.05, 4.69) is 33.8 Å². The van der Waals surface area contributed by atoms with Gasteiger partial charge in [0.1, 0.15) is 5.75 Å². The first kappa shape index (κ1) is 31.0. The number of carboxylic acid groups (broad SMARTS) is 1. The Morgan fingerprint density at radius 1 is 1.14 bits per heavy atom. The molecule has 2 heterocycles. The van der Waals surface area contributed by atoms with Gasteiger partial charge in [-0.3, -0.25) is 9.78 Å². The van der Waals surface area contributed by atoms with Crippen LogP contribution in [0.25, 0.3) is 10.9 Å². The highest BCUT2D eigenvalue weighted by Gasteiger charge is 2.30. The van der Waals surface area contributed by atoms with Gasteiger partial charge in [0.25, 0.3) is 0 Å². The van der Waals surface area contributed by atoms with Crippen LogP contribution >= 0.6 is 36.6 Å². The number of fused-ring (bicyclic) bond motifs is 1. The molecule has 0 radical (unpaired) electrons. The fourth-order valence-corrected chi connectivity index (χ4v) is 7.22. The smallest absolute Gasteiger partial charge is 0.303 e. The summed E-state index contributed by atoms with van der Waals surface area (Å²) in [6, 6.07) is 8.16. The third-order valence-corrected chi connectivity index (χ3v) is 9.15. The molecule has 1 saturated heterocycles. The third-order valence-electron chi connectivity index (χ3n) is 7.79. The van der Waals surface area contributed by atoms with Crippen LogP contribution in [0.5, 0.6) is 5.75 Å². The maximum atomic E-state index is 11.6. The number of hydrogen-bond donors (Lipinski definition) is 1. The number of methoxy groups -OCH3 is 1. The number of ether oxygens (including phenoxy) is 1. The number of aromatic nitrogens is 1. The van der Waals surface area contributed by atoms with Gasteiger partial charge in [-0.05, 0) is 86.7 Å². The minimum atomic E-state index is -0.652. The van der Waals surface area contributed by atoms with E-state index in [9.17, 15) is 9.90 Å². The lowest BCUT2D eigenvalue weighted by molar-refractivity contribution is -0.139. The summed E-state index contributed by atoms with van der Waals surface area (Å²) in [5.74, 6) is 2.16. The quantitative estimate of drug-likeness (QED) is 0.325. The van der Waals surface area contributed by atoms with E-state index in [1.807, 2.05) is 18.3 Å². The second-order valence-electron chi connectivity index (χ2n) is 10.1. The molecular weight excluding hydrogens is 515 g/mol. The Labute approximate surface area is 233 Å². The minimum absolute atomic E-state index is 0. The summed E-state index contributed by atoms with van der Waals surface area (Å²) in [6.45, 7) is 3.16. The highest BCUT2D eigenvalue weighted by molar-refractivity contribution is 7.99. The Hall–Kier alpha value is -1.21. The average molecular weight is 558 g/mol. The number of carboxylic acids is 1. The monoisotopic (exact) mass is 556 g/mol. The number of likely N-dealkylation sites (tertiary alicyclic amines) is 1. The van der Waals surface area contributed by atoms with Gasteiger partial charge >= 0.3 is 5.97 Å². The van der Waals surface area contributed by atoms with Crippen LogP contribution in [0, 0.1) is 11.8 Å². The molecule has 1 aliphatic carbocycles. The van der Waals surface area contributed by atoms with E-state index < -0.39 is 5.97 Å². The van der Waals surface area contributed by atoms with Crippen molar-refractivity contribution >= 4 is 53.4 Å². The van der Waals surface area contributed by atoms with E-state index in [-0.39, 0.29) is 30.7 Å². The molecule has 1 aromatic carbocycles. The minimum Gasteiger partial charge on any atom is -0.497 e. The highest BCUT2D eigenvalue weighted by atomic mass is 35.5. The number of hydrogen-bond acceptors (Lipinski definition) is 5. The van der Waals surface area contributed by atoms with Crippen molar-refractivity contribution in [3.63, 3.8) is 0 Å². The molecule has 1 aromatic heterocycles. The van der Waals surface area contributed by atoms with Gasteiger partial charge in [-0.25, -0.2) is 0 Å². The zero-order valence-electron chi connectivity index (χ0n) is 21.4. The number of nitrogens with zero attached hydrogens (tertiary/aromatic N) is 2. The summed E-state index contributed by atoms with van der Waals surface area (Å²) >= 11 is 2.15. The molecule has 1 aliphatic heterocycles. The van der Waals surface area contributed by atoms with Crippen molar-refractivity contribution in [2.75, 3.05) is 32.5 Å². The highest BCUT2D eigenvalue weighted by Crippen LogP contribution is 2.33. The van der Waals surface area contributed by atoms with Crippen molar-refractivity contribution in [1.29, 1.82) is 0 Å². The van der Waals surface area contributed by atoms with E-state index in [4.69, 9.17) is 4.74 Å². The topological polar surface area (TPSA) is 62.7 Å². The van der Waals surface area contributed by atoms with E-state index in [1.54, 1.807) is 7.11 Å². The SMILES string of the molecule is COc1ccc2nccc(CCC[C@@H]3CCN(CCSC4CCCCC4)C[C@@H]3CC(=O)O)c2c1.Cl.Cl. The van der Waals surface area contributed by atoms with Gasteiger partial charge in [0, 0.05) is 42.1 Å². The van der Waals surface area contributed by atoms with Crippen LogP contribution in [0.3, 0.4) is 0 Å². The van der Waals surface area contributed by atoms with E-state index >= 15 is 0 Å². The second kappa shape index (κ2) is 15.9. The molecule has 0 amide bonds. The Kier molecular flexibility index (Phi) is 13.7. The maximum absolute atomic E-state index is 11.6. The van der Waals surface area contributed by atoms with Gasteiger partial charge in [-0.1, -0.05) is 19.3 Å². The molecule has 1 saturated carbocycles. The van der Waals surface area contributed by atoms with Crippen LogP contribution in [0.1, 0.15) is 63.4 Å². The first-order chi connectivity index (χ1) is 16.6. The van der Waals surface area contributed by atoms with Crippen molar-refractivity contribution < 1.29 is 14.6 Å². The van der Waals surface area contributed by atoms with Crippen LogP contribution in [0.2, 0.25) is 0 Å². The Bertz CT molecular complexity index is 942. The van der Waals surface area contributed by atoms with Crippen LogP contribution in [-0.4, -0.2) is 58.7 Å². The largest absolute Gasteiger partial charge is 0.497 e. The fraction of sp³-hybridized carbons (Fsp3) is 0.643. The number of pyridine rings is 1. The molecule has 202 valence electrons. The number of halogens is 2.